The van der Waals surface area contributed by atoms with Crippen molar-refractivity contribution in [3.05, 3.63) is 71.3 Å². The Balaban J connectivity index is 1.91. The maximum atomic E-state index is 11.8. The van der Waals surface area contributed by atoms with Gasteiger partial charge in [0.2, 0.25) is 0 Å². The minimum absolute atomic E-state index is 0.00972. The zero-order chi connectivity index (χ0) is 14.4. The van der Waals surface area contributed by atoms with Gasteiger partial charge in [0, 0.05) is 5.56 Å². The molecule has 0 radical (unpaired) electrons. The smallest absolute Gasteiger partial charge is 0.310 e. The molecule has 2 aromatic rings. The summed E-state index contributed by atoms with van der Waals surface area (Å²) in [5.41, 5.74) is 7.77. The second-order valence-corrected chi connectivity index (χ2v) is 4.44. The zero-order valence-corrected chi connectivity index (χ0v) is 11.0. The lowest BCUT2D eigenvalue weighted by Crippen LogP contribution is -2.12. The molecular weight excluding hydrogens is 252 g/mol. The predicted octanol–water partition coefficient (Wildman–Crippen LogP) is 2.26. The predicted molar refractivity (Wildman–Crippen MR) is 77.4 cm³/mol. The van der Waals surface area contributed by atoms with E-state index < -0.39 is 0 Å². The van der Waals surface area contributed by atoms with Crippen LogP contribution in [0.3, 0.4) is 0 Å². The normalized spacial score (nSPS) is 10.0. The van der Waals surface area contributed by atoms with E-state index in [0.29, 0.717) is 5.56 Å². The SMILES string of the molecule is N=C(N)c1cccc(CC(=O)OCc2ccccc2)c1. The summed E-state index contributed by atoms with van der Waals surface area (Å²) in [5.74, 6) is -0.306. The Labute approximate surface area is 117 Å². The molecule has 0 fully saturated rings. The van der Waals surface area contributed by atoms with Gasteiger partial charge in [-0.25, -0.2) is 0 Å². The highest BCUT2D eigenvalue weighted by Crippen LogP contribution is 2.07. The van der Waals surface area contributed by atoms with Crippen molar-refractivity contribution < 1.29 is 9.53 Å². The lowest BCUT2D eigenvalue weighted by Gasteiger charge is -2.06. The fourth-order valence-electron chi connectivity index (χ4n) is 1.80. The standard InChI is InChI=1S/C16H16N2O2/c17-16(18)14-8-4-7-13(9-14)10-15(19)20-11-12-5-2-1-3-6-12/h1-9H,10-11H2,(H3,17,18). The van der Waals surface area contributed by atoms with Crippen LogP contribution in [-0.2, 0) is 22.6 Å². The number of nitrogen functional groups attached to an aromatic ring is 1. The third kappa shape index (κ3) is 3.95. The number of carbonyl (C=O) groups is 1. The Morgan fingerprint density at radius 2 is 1.75 bits per heavy atom. The molecule has 0 aliphatic rings. The van der Waals surface area contributed by atoms with E-state index in [1.54, 1.807) is 18.2 Å². The average molecular weight is 268 g/mol. The first-order chi connectivity index (χ1) is 9.65. The van der Waals surface area contributed by atoms with E-state index in [-0.39, 0.29) is 24.8 Å². The van der Waals surface area contributed by atoms with Crippen LogP contribution in [0.1, 0.15) is 16.7 Å². The van der Waals surface area contributed by atoms with Gasteiger partial charge in [0.1, 0.15) is 12.4 Å². The van der Waals surface area contributed by atoms with E-state index in [1.165, 1.54) is 0 Å². The molecule has 2 aromatic carbocycles. The van der Waals surface area contributed by atoms with Crippen LogP contribution in [0.2, 0.25) is 0 Å². The third-order valence-electron chi connectivity index (χ3n) is 2.83. The molecule has 20 heavy (non-hydrogen) atoms. The Morgan fingerprint density at radius 1 is 1.05 bits per heavy atom. The fourth-order valence-corrected chi connectivity index (χ4v) is 1.80. The maximum Gasteiger partial charge on any atom is 0.310 e. The summed E-state index contributed by atoms with van der Waals surface area (Å²) in [6, 6.07) is 16.6. The van der Waals surface area contributed by atoms with E-state index in [0.717, 1.165) is 11.1 Å². The number of ether oxygens (including phenoxy) is 1. The van der Waals surface area contributed by atoms with Crippen molar-refractivity contribution in [1.82, 2.24) is 0 Å². The van der Waals surface area contributed by atoms with Crippen molar-refractivity contribution in [3.63, 3.8) is 0 Å². The number of esters is 1. The highest BCUT2D eigenvalue weighted by Gasteiger charge is 2.06. The molecule has 0 bridgehead atoms. The summed E-state index contributed by atoms with van der Waals surface area (Å²) in [5, 5.41) is 7.37. The van der Waals surface area contributed by atoms with Crippen LogP contribution in [0.4, 0.5) is 0 Å². The molecule has 0 aliphatic carbocycles. The van der Waals surface area contributed by atoms with E-state index >= 15 is 0 Å². The lowest BCUT2D eigenvalue weighted by molar-refractivity contribution is -0.144. The molecule has 102 valence electrons. The molecule has 0 saturated heterocycles. The van der Waals surface area contributed by atoms with Crippen LogP contribution in [0.25, 0.3) is 0 Å². The number of hydrogen-bond donors (Lipinski definition) is 2. The van der Waals surface area contributed by atoms with Gasteiger partial charge in [-0.1, -0.05) is 48.5 Å². The maximum absolute atomic E-state index is 11.8. The molecule has 4 nitrogen and oxygen atoms in total. The van der Waals surface area contributed by atoms with Crippen LogP contribution in [-0.4, -0.2) is 11.8 Å². The van der Waals surface area contributed by atoms with Crippen molar-refractivity contribution in [3.8, 4) is 0 Å². The second-order valence-electron chi connectivity index (χ2n) is 4.44. The van der Waals surface area contributed by atoms with Crippen LogP contribution in [0.5, 0.6) is 0 Å². The molecule has 0 spiro atoms. The minimum Gasteiger partial charge on any atom is -0.461 e. The Morgan fingerprint density at radius 3 is 2.45 bits per heavy atom. The number of carbonyl (C=O) groups excluding carboxylic acids is 1. The first-order valence-electron chi connectivity index (χ1n) is 6.28. The van der Waals surface area contributed by atoms with Gasteiger partial charge in [-0.3, -0.25) is 10.2 Å². The van der Waals surface area contributed by atoms with Crippen LogP contribution >= 0.6 is 0 Å². The molecule has 0 unspecified atom stereocenters. The van der Waals surface area contributed by atoms with Crippen molar-refractivity contribution in [2.45, 2.75) is 13.0 Å². The van der Waals surface area contributed by atoms with Crippen molar-refractivity contribution >= 4 is 11.8 Å². The minimum atomic E-state index is -0.297. The van der Waals surface area contributed by atoms with E-state index in [4.69, 9.17) is 15.9 Å². The molecule has 3 N–H and O–H groups in total. The van der Waals surface area contributed by atoms with Gasteiger partial charge in [0.05, 0.1) is 6.42 Å². The summed E-state index contributed by atoms with van der Waals surface area (Å²) in [7, 11) is 0. The third-order valence-corrected chi connectivity index (χ3v) is 2.83. The first-order valence-corrected chi connectivity index (χ1v) is 6.28. The molecular formula is C16H16N2O2. The van der Waals surface area contributed by atoms with Crippen LogP contribution in [0.15, 0.2) is 54.6 Å². The molecule has 0 atom stereocenters. The molecule has 2 rings (SSSR count). The van der Waals surface area contributed by atoms with Crippen molar-refractivity contribution in [2.24, 2.45) is 5.73 Å². The van der Waals surface area contributed by atoms with Crippen molar-refractivity contribution in [1.29, 1.82) is 5.41 Å². The van der Waals surface area contributed by atoms with Crippen LogP contribution < -0.4 is 5.73 Å². The molecule has 0 aliphatic heterocycles. The summed E-state index contributed by atoms with van der Waals surface area (Å²) in [6.45, 7) is 0.270. The highest BCUT2D eigenvalue weighted by molar-refractivity contribution is 5.95. The van der Waals surface area contributed by atoms with Gasteiger partial charge >= 0.3 is 5.97 Å². The Bertz CT molecular complexity index is 609. The number of amidine groups is 1. The molecule has 0 heterocycles. The van der Waals surface area contributed by atoms with E-state index in [9.17, 15) is 4.79 Å². The Hall–Kier alpha value is -2.62. The van der Waals surface area contributed by atoms with Gasteiger partial charge < -0.3 is 10.5 Å². The van der Waals surface area contributed by atoms with Crippen molar-refractivity contribution in [2.75, 3.05) is 0 Å². The molecule has 4 heteroatoms. The summed E-state index contributed by atoms with van der Waals surface area (Å²) >= 11 is 0. The summed E-state index contributed by atoms with van der Waals surface area (Å²) in [4.78, 5) is 11.8. The number of rotatable bonds is 5. The molecule has 0 aromatic heterocycles. The largest absolute Gasteiger partial charge is 0.461 e. The average Bonchev–Trinajstić information content (AvgIpc) is 2.46. The van der Waals surface area contributed by atoms with Gasteiger partial charge in [0.15, 0.2) is 0 Å². The van der Waals surface area contributed by atoms with Gasteiger partial charge in [-0.2, -0.15) is 0 Å². The topological polar surface area (TPSA) is 76.2 Å². The highest BCUT2D eigenvalue weighted by atomic mass is 16.5. The lowest BCUT2D eigenvalue weighted by atomic mass is 10.1. The quantitative estimate of drug-likeness (QED) is 0.496. The second kappa shape index (κ2) is 6.52. The van der Waals surface area contributed by atoms with E-state index in [1.807, 2.05) is 36.4 Å². The zero-order valence-electron chi connectivity index (χ0n) is 11.0. The molecule has 0 saturated carbocycles. The number of hydrogen-bond acceptors (Lipinski definition) is 3. The summed E-state index contributed by atoms with van der Waals surface area (Å²) < 4.78 is 5.21. The number of nitrogens with two attached hydrogens (primary N) is 1. The fraction of sp³-hybridized carbons (Fsp3) is 0.125. The summed E-state index contributed by atoms with van der Waals surface area (Å²) in [6.07, 6.45) is 0.175. The van der Waals surface area contributed by atoms with Gasteiger partial charge in [-0.05, 0) is 17.2 Å². The monoisotopic (exact) mass is 268 g/mol. The first kappa shape index (κ1) is 13.8. The molecule has 0 amide bonds. The Kier molecular flexibility index (Phi) is 4.50. The van der Waals surface area contributed by atoms with Gasteiger partial charge in [-0.15, -0.1) is 0 Å². The van der Waals surface area contributed by atoms with Crippen LogP contribution in [0, 0.1) is 5.41 Å². The van der Waals surface area contributed by atoms with E-state index in [2.05, 4.69) is 0 Å². The van der Waals surface area contributed by atoms with Gasteiger partial charge in [0.25, 0.3) is 0 Å². The number of nitrogens with one attached hydrogen (secondary N) is 1. The number of benzene rings is 2.